The highest BCUT2D eigenvalue weighted by Crippen LogP contribution is 2.45. The van der Waals surface area contributed by atoms with E-state index in [1.54, 1.807) is 0 Å². The summed E-state index contributed by atoms with van der Waals surface area (Å²) in [5, 5.41) is 0.0663. The number of carbonyl (C=O) groups is 1. The number of allylic oxidation sites excluding steroid dienone is 2. The first-order valence-corrected chi connectivity index (χ1v) is 12.4. The summed E-state index contributed by atoms with van der Waals surface area (Å²) >= 11 is 6.06. The standard InChI is InChI=1S/C28H21ClF7NO3/c1-2-39-26(38)22-10-16(13-37-25(22)28(34,35)36)19-4-3-5-20(19)21-11-17(27(31,32)33)7-9-24(21)40-14-15-6-8-18(30)12-23(15)29/h6-13H,2-5,14H2,1H3. The monoisotopic (exact) mass is 587 g/mol. The van der Waals surface area contributed by atoms with Crippen molar-refractivity contribution in [2.75, 3.05) is 6.61 Å². The molecule has 3 aromatic rings. The van der Waals surface area contributed by atoms with Crippen LogP contribution in [0, 0.1) is 5.82 Å². The maximum Gasteiger partial charge on any atom is 0.434 e. The topological polar surface area (TPSA) is 48.4 Å². The Bertz CT molecular complexity index is 1470. The van der Waals surface area contributed by atoms with Gasteiger partial charge in [-0.1, -0.05) is 17.7 Å². The van der Waals surface area contributed by atoms with Crippen LogP contribution in [0.2, 0.25) is 5.02 Å². The molecule has 0 saturated carbocycles. The largest absolute Gasteiger partial charge is 0.488 e. The number of benzene rings is 2. The van der Waals surface area contributed by atoms with Crippen molar-refractivity contribution in [3.05, 3.63) is 93.0 Å². The van der Waals surface area contributed by atoms with Crippen molar-refractivity contribution >= 4 is 28.7 Å². The highest BCUT2D eigenvalue weighted by molar-refractivity contribution is 6.31. The van der Waals surface area contributed by atoms with Crippen LogP contribution in [0.25, 0.3) is 11.1 Å². The van der Waals surface area contributed by atoms with Gasteiger partial charge < -0.3 is 9.47 Å². The molecule has 212 valence electrons. The second-order valence-corrected chi connectivity index (χ2v) is 9.29. The molecule has 0 bridgehead atoms. The molecule has 1 heterocycles. The molecule has 0 aliphatic heterocycles. The zero-order valence-electron chi connectivity index (χ0n) is 20.9. The molecular formula is C28H21ClF7NO3. The smallest absolute Gasteiger partial charge is 0.434 e. The fourth-order valence-electron chi connectivity index (χ4n) is 4.44. The van der Waals surface area contributed by atoms with E-state index >= 15 is 0 Å². The van der Waals surface area contributed by atoms with Gasteiger partial charge in [-0.25, -0.2) is 9.18 Å². The quantitative estimate of drug-likeness (QED) is 0.205. The van der Waals surface area contributed by atoms with E-state index in [9.17, 15) is 35.5 Å². The molecule has 40 heavy (non-hydrogen) atoms. The molecule has 4 nitrogen and oxygen atoms in total. The molecule has 0 fully saturated rings. The molecule has 0 N–H and O–H groups in total. The molecular weight excluding hydrogens is 567 g/mol. The van der Waals surface area contributed by atoms with Gasteiger partial charge in [0.2, 0.25) is 0 Å². The van der Waals surface area contributed by atoms with Gasteiger partial charge in [0, 0.05) is 17.3 Å². The van der Waals surface area contributed by atoms with Crippen LogP contribution >= 0.6 is 11.6 Å². The molecule has 2 aromatic carbocycles. The number of carbonyl (C=O) groups excluding carboxylic acids is 1. The Morgan fingerprint density at radius 2 is 1.70 bits per heavy atom. The molecule has 0 amide bonds. The van der Waals surface area contributed by atoms with Crippen LogP contribution in [0.4, 0.5) is 30.7 Å². The minimum Gasteiger partial charge on any atom is -0.488 e. The highest BCUT2D eigenvalue weighted by Gasteiger charge is 2.38. The van der Waals surface area contributed by atoms with E-state index in [1.807, 2.05) is 0 Å². The summed E-state index contributed by atoms with van der Waals surface area (Å²) in [5.74, 6) is -1.73. The number of rotatable bonds is 7. The van der Waals surface area contributed by atoms with Crippen LogP contribution in [0.3, 0.4) is 0 Å². The first-order valence-electron chi connectivity index (χ1n) is 12.0. The lowest BCUT2D eigenvalue weighted by Gasteiger charge is -2.18. The minimum atomic E-state index is -4.93. The van der Waals surface area contributed by atoms with Crippen molar-refractivity contribution in [1.82, 2.24) is 4.98 Å². The van der Waals surface area contributed by atoms with E-state index in [-0.39, 0.29) is 35.1 Å². The summed E-state index contributed by atoms with van der Waals surface area (Å²) in [5.41, 5.74) is -1.72. The van der Waals surface area contributed by atoms with E-state index in [2.05, 4.69) is 4.98 Å². The van der Waals surface area contributed by atoms with Gasteiger partial charge in [-0.3, -0.25) is 4.98 Å². The second-order valence-electron chi connectivity index (χ2n) is 8.88. The average molecular weight is 588 g/mol. The van der Waals surface area contributed by atoms with Crippen molar-refractivity contribution < 1.29 is 45.0 Å². The van der Waals surface area contributed by atoms with Crippen molar-refractivity contribution in [3.63, 3.8) is 0 Å². The summed E-state index contributed by atoms with van der Waals surface area (Å²) in [6, 6.07) is 7.52. The summed E-state index contributed by atoms with van der Waals surface area (Å²) in [7, 11) is 0. The van der Waals surface area contributed by atoms with Gasteiger partial charge in [-0.15, -0.1) is 0 Å². The number of hydrogen-bond donors (Lipinski definition) is 0. The van der Waals surface area contributed by atoms with Crippen LogP contribution in [-0.4, -0.2) is 17.6 Å². The molecule has 0 saturated heterocycles. The van der Waals surface area contributed by atoms with Gasteiger partial charge in [-0.05, 0) is 79.3 Å². The van der Waals surface area contributed by atoms with Gasteiger partial charge in [0.05, 0.1) is 22.8 Å². The lowest BCUT2D eigenvalue weighted by Crippen LogP contribution is -2.17. The van der Waals surface area contributed by atoms with Crippen molar-refractivity contribution in [2.24, 2.45) is 0 Å². The maximum absolute atomic E-state index is 13.6. The van der Waals surface area contributed by atoms with Crippen molar-refractivity contribution in [2.45, 2.75) is 45.1 Å². The van der Waals surface area contributed by atoms with Gasteiger partial charge in [0.25, 0.3) is 0 Å². The number of esters is 1. The normalized spacial score (nSPS) is 14.0. The third-order valence-electron chi connectivity index (χ3n) is 6.25. The Morgan fingerprint density at radius 1 is 0.975 bits per heavy atom. The number of ether oxygens (including phenoxy) is 2. The van der Waals surface area contributed by atoms with Crippen LogP contribution < -0.4 is 4.74 Å². The molecule has 1 aliphatic rings. The number of alkyl halides is 6. The lowest BCUT2D eigenvalue weighted by molar-refractivity contribution is -0.141. The predicted octanol–water partition coefficient (Wildman–Crippen LogP) is 8.76. The van der Waals surface area contributed by atoms with E-state index in [0.29, 0.717) is 36.0 Å². The Kier molecular flexibility index (Phi) is 8.44. The molecule has 1 aliphatic carbocycles. The van der Waals surface area contributed by atoms with Crippen LogP contribution in [-0.2, 0) is 23.7 Å². The summed E-state index contributed by atoms with van der Waals surface area (Å²) in [4.78, 5) is 15.8. The van der Waals surface area contributed by atoms with Gasteiger partial charge in [0.15, 0.2) is 5.69 Å². The Hall–Kier alpha value is -3.60. The zero-order valence-corrected chi connectivity index (χ0v) is 21.6. The Morgan fingerprint density at radius 3 is 2.35 bits per heavy atom. The van der Waals surface area contributed by atoms with Crippen molar-refractivity contribution in [3.8, 4) is 5.75 Å². The number of hydrogen-bond acceptors (Lipinski definition) is 4. The first kappa shape index (κ1) is 29.4. The molecule has 4 rings (SSSR count). The lowest BCUT2D eigenvalue weighted by atomic mass is 9.94. The third-order valence-corrected chi connectivity index (χ3v) is 6.60. The maximum atomic E-state index is 13.6. The molecule has 1 aromatic heterocycles. The number of aromatic nitrogens is 1. The van der Waals surface area contributed by atoms with Gasteiger partial charge >= 0.3 is 18.3 Å². The fraction of sp³-hybridized carbons (Fsp3) is 0.286. The highest BCUT2D eigenvalue weighted by atomic mass is 35.5. The zero-order chi connectivity index (χ0) is 29.2. The van der Waals surface area contributed by atoms with Crippen LogP contribution in [0.1, 0.15) is 64.5 Å². The summed E-state index contributed by atoms with van der Waals surface area (Å²) < 4.78 is 106. The Labute approximate surface area is 229 Å². The van der Waals surface area contributed by atoms with E-state index in [1.165, 1.54) is 13.0 Å². The molecule has 12 heteroatoms. The molecule has 0 radical (unpaired) electrons. The molecule has 0 atom stereocenters. The number of halogens is 8. The number of nitrogens with zero attached hydrogens (tertiary/aromatic N) is 1. The molecule has 0 unspecified atom stereocenters. The van der Waals surface area contributed by atoms with Crippen molar-refractivity contribution in [1.29, 1.82) is 0 Å². The van der Waals surface area contributed by atoms with E-state index < -0.39 is 41.0 Å². The van der Waals surface area contributed by atoms with Crippen LogP contribution in [0.15, 0.2) is 48.7 Å². The predicted molar refractivity (Wildman–Crippen MR) is 133 cm³/mol. The van der Waals surface area contributed by atoms with Gasteiger partial charge in [-0.2, -0.15) is 26.3 Å². The summed E-state index contributed by atoms with van der Waals surface area (Å²) in [6.07, 6.45) is -7.58. The van der Waals surface area contributed by atoms with Gasteiger partial charge in [0.1, 0.15) is 18.2 Å². The fourth-order valence-corrected chi connectivity index (χ4v) is 4.66. The summed E-state index contributed by atoms with van der Waals surface area (Å²) in [6.45, 7) is 1.08. The second kappa shape index (κ2) is 11.5. The van der Waals surface area contributed by atoms with E-state index in [0.717, 1.165) is 42.6 Å². The average Bonchev–Trinajstić information content (AvgIpc) is 3.37. The first-order chi connectivity index (χ1) is 18.8. The molecule has 0 spiro atoms. The van der Waals surface area contributed by atoms with Crippen LogP contribution in [0.5, 0.6) is 5.75 Å². The SMILES string of the molecule is CCOC(=O)c1cc(C2=C(c3cc(C(F)(F)F)ccc3OCc3ccc(F)cc3Cl)CCC2)cnc1C(F)(F)F. The Balaban J connectivity index is 1.83. The number of pyridine rings is 1. The van der Waals surface area contributed by atoms with E-state index in [4.69, 9.17) is 21.1 Å². The third kappa shape index (κ3) is 6.41. The minimum absolute atomic E-state index is 0.0632.